The van der Waals surface area contributed by atoms with Crippen molar-refractivity contribution in [3.05, 3.63) is 59.2 Å². The molecule has 2 aliphatic heterocycles. The van der Waals surface area contributed by atoms with Gasteiger partial charge in [-0.1, -0.05) is 30.3 Å². The lowest BCUT2D eigenvalue weighted by molar-refractivity contribution is -0.0390. The van der Waals surface area contributed by atoms with Crippen molar-refractivity contribution in [3.8, 4) is 11.5 Å². The molecule has 0 bridgehead atoms. The molecule has 0 aromatic heterocycles. The van der Waals surface area contributed by atoms with Gasteiger partial charge in [0.25, 0.3) is 0 Å². The standard InChI is InChI=1S/C23H29N3O4/c1-24-23(26-14-18-5-6-21-22(12-18)30-16-29-21)25-13-17-3-2-4-19(11-17)15-28-20-7-9-27-10-8-20/h2-6,11-12,20H,7-10,13-16H2,1H3,(H2,24,25,26). The quantitative estimate of drug-likeness (QED) is 0.539. The molecule has 2 N–H and O–H groups in total. The van der Waals surface area contributed by atoms with Crippen LogP contribution in [0.1, 0.15) is 29.5 Å². The van der Waals surface area contributed by atoms with Crippen LogP contribution in [0.3, 0.4) is 0 Å². The van der Waals surface area contributed by atoms with Crippen LogP contribution in [0.15, 0.2) is 47.5 Å². The van der Waals surface area contributed by atoms with E-state index in [-0.39, 0.29) is 6.79 Å². The van der Waals surface area contributed by atoms with Gasteiger partial charge in [0.2, 0.25) is 6.79 Å². The van der Waals surface area contributed by atoms with Gasteiger partial charge in [-0.15, -0.1) is 0 Å². The highest BCUT2D eigenvalue weighted by atomic mass is 16.7. The minimum absolute atomic E-state index is 0.286. The van der Waals surface area contributed by atoms with Crippen molar-refractivity contribution in [3.63, 3.8) is 0 Å². The molecule has 0 spiro atoms. The number of fused-ring (bicyclic) bond motifs is 1. The van der Waals surface area contributed by atoms with Crippen LogP contribution in [0, 0.1) is 0 Å². The van der Waals surface area contributed by atoms with Crippen LogP contribution in [-0.2, 0) is 29.2 Å². The lowest BCUT2D eigenvalue weighted by atomic mass is 10.1. The third-order valence-corrected chi connectivity index (χ3v) is 5.23. The summed E-state index contributed by atoms with van der Waals surface area (Å²) in [5, 5.41) is 6.70. The average molecular weight is 412 g/mol. The SMILES string of the molecule is CN=C(NCc1cccc(COC2CCOCC2)c1)NCc1ccc2c(c1)OCO2. The third kappa shape index (κ3) is 5.64. The molecule has 1 fully saturated rings. The van der Waals surface area contributed by atoms with Crippen molar-refractivity contribution in [2.75, 3.05) is 27.1 Å². The van der Waals surface area contributed by atoms with Gasteiger partial charge in [0.1, 0.15) is 0 Å². The molecule has 2 aliphatic rings. The first-order valence-corrected chi connectivity index (χ1v) is 10.4. The van der Waals surface area contributed by atoms with Crippen molar-refractivity contribution >= 4 is 5.96 Å². The Balaban J connectivity index is 1.24. The number of rotatable bonds is 7. The van der Waals surface area contributed by atoms with Gasteiger partial charge in [0.05, 0.1) is 12.7 Å². The van der Waals surface area contributed by atoms with Crippen molar-refractivity contribution in [1.29, 1.82) is 0 Å². The number of hydrogen-bond donors (Lipinski definition) is 2. The summed E-state index contributed by atoms with van der Waals surface area (Å²) in [6.07, 6.45) is 2.26. The number of hydrogen-bond acceptors (Lipinski definition) is 5. The highest BCUT2D eigenvalue weighted by Crippen LogP contribution is 2.32. The Morgan fingerprint density at radius 2 is 1.70 bits per heavy atom. The maximum Gasteiger partial charge on any atom is 0.231 e. The van der Waals surface area contributed by atoms with E-state index < -0.39 is 0 Å². The number of nitrogens with zero attached hydrogens (tertiary/aromatic N) is 1. The summed E-state index contributed by atoms with van der Waals surface area (Å²) in [5.74, 6) is 2.33. The molecule has 0 unspecified atom stereocenters. The average Bonchev–Trinajstić information content (AvgIpc) is 3.27. The summed E-state index contributed by atoms with van der Waals surface area (Å²) in [6.45, 7) is 3.85. The number of ether oxygens (including phenoxy) is 4. The van der Waals surface area contributed by atoms with E-state index in [0.717, 1.165) is 49.1 Å². The van der Waals surface area contributed by atoms with Crippen LogP contribution in [-0.4, -0.2) is 39.1 Å². The molecule has 0 amide bonds. The highest BCUT2D eigenvalue weighted by molar-refractivity contribution is 5.79. The zero-order chi connectivity index (χ0) is 20.6. The predicted octanol–water partition coefficient (Wildman–Crippen LogP) is 2.98. The Hall–Kier alpha value is -2.77. The lowest BCUT2D eigenvalue weighted by Crippen LogP contribution is -2.36. The van der Waals surface area contributed by atoms with Crippen molar-refractivity contribution < 1.29 is 18.9 Å². The molecular formula is C23H29N3O4. The molecule has 7 heteroatoms. The summed E-state index contributed by atoms with van der Waals surface area (Å²) in [4.78, 5) is 4.31. The Bertz CT molecular complexity index is 865. The summed E-state index contributed by atoms with van der Waals surface area (Å²) in [7, 11) is 1.77. The Kier molecular flexibility index (Phi) is 7.05. The largest absolute Gasteiger partial charge is 0.454 e. The first-order valence-electron chi connectivity index (χ1n) is 10.4. The van der Waals surface area contributed by atoms with E-state index in [4.69, 9.17) is 18.9 Å². The van der Waals surface area contributed by atoms with Gasteiger partial charge in [-0.05, 0) is 41.7 Å². The summed E-state index contributed by atoms with van der Waals surface area (Å²) in [5.41, 5.74) is 3.48. The molecule has 2 aromatic rings. The van der Waals surface area contributed by atoms with E-state index >= 15 is 0 Å². The number of aliphatic imine (C=N–C) groups is 1. The van der Waals surface area contributed by atoms with E-state index in [9.17, 15) is 0 Å². The van der Waals surface area contributed by atoms with E-state index in [1.54, 1.807) is 7.05 Å². The van der Waals surface area contributed by atoms with E-state index in [0.29, 0.717) is 25.8 Å². The van der Waals surface area contributed by atoms with Crippen LogP contribution in [0.5, 0.6) is 11.5 Å². The topological polar surface area (TPSA) is 73.3 Å². The summed E-state index contributed by atoms with van der Waals surface area (Å²) >= 11 is 0. The minimum atomic E-state index is 0.286. The fraction of sp³-hybridized carbons (Fsp3) is 0.435. The minimum Gasteiger partial charge on any atom is -0.454 e. The second-order valence-corrected chi connectivity index (χ2v) is 7.41. The van der Waals surface area contributed by atoms with Gasteiger partial charge in [-0.25, -0.2) is 0 Å². The van der Waals surface area contributed by atoms with Crippen LogP contribution < -0.4 is 20.1 Å². The Morgan fingerprint density at radius 1 is 0.967 bits per heavy atom. The summed E-state index contributed by atoms with van der Waals surface area (Å²) in [6, 6.07) is 14.4. The lowest BCUT2D eigenvalue weighted by Gasteiger charge is -2.22. The molecule has 0 aliphatic carbocycles. The highest BCUT2D eigenvalue weighted by Gasteiger charge is 2.14. The fourth-order valence-corrected chi connectivity index (χ4v) is 3.53. The second-order valence-electron chi connectivity index (χ2n) is 7.41. The number of nitrogens with one attached hydrogen (secondary N) is 2. The fourth-order valence-electron chi connectivity index (χ4n) is 3.53. The Morgan fingerprint density at radius 3 is 2.50 bits per heavy atom. The first kappa shape index (κ1) is 20.5. The molecule has 0 radical (unpaired) electrons. The van der Waals surface area contributed by atoms with Crippen LogP contribution in [0.25, 0.3) is 0 Å². The maximum atomic E-state index is 6.03. The molecular weight excluding hydrogens is 382 g/mol. The smallest absolute Gasteiger partial charge is 0.231 e. The number of benzene rings is 2. The molecule has 2 aromatic carbocycles. The molecule has 7 nitrogen and oxygen atoms in total. The van der Waals surface area contributed by atoms with E-state index in [1.165, 1.54) is 11.1 Å². The molecule has 1 saturated heterocycles. The van der Waals surface area contributed by atoms with Gasteiger partial charge >= 0.3 is 0 Å². The number of guanidine groups is 1. The summed E-state index contributed by atoms with van der Waals surface area (Å²) < 4.78 is 22.2. The van der Waals surface area contributed by atoms with E-state index in [1.807, 2.05) is 18.2 Å². The predicted molar refractivity (Wildman–Crippen MR) is 115 cm³/mol. The molecule has 0 atom stereocenters. The van der Waals surface area contributed by atoms with Crippen molar-refractivity contribution in [2.45, 2.75) is 38.6 Å². The third-order valence-electron chi connectivity index (χ3n) is 5.23. The molecule has 30 heavy (non-hydrogen) atoms. The molecule has 160 valence electrons. The van der Waals surface area contributed by atoms with Crippen LogP contribution in [0.4, 0.5) is 0 Å². The zero-order valence-corrected chi connectivity index (χ0v) is 17.4. The monoisotopic (exact) mass is 411 g/mol. The van der Waals surface area contributed by atoms with Gasteiger partial charge in [-0.2, -0.15) is 0 Å². The first-order chi connectivity index (χ1) is 14.8. The molecule has 0 saturated carbocycles. The van der Waals surface area contributed by atoms with Crippen molar-refractivity contribution in [1.82, 2.24) is 10.6 Å². The molecule has 4 rings (SSSR count). The Labute approximate surface area is 177 Å². The van der Waals surface area contributed by atoms with Gasteiger partial charge in [-0.3, -0.25) is 4.99 Å². The maximum absolute atomic E-state index is 6.03. The van der Waals surface area contributed by atoms with Crippen LogP contribution >= 0.6 is 0 Å². The van der Waals surface area contributed by atoms with E-state index in [2.05, 4.69) is 39.9 Å². The van der Waals surface area contributed by atoms with Gasteiger partial charge < -0.3 is 29.6 Å². The van der Waals surface area contributed by atoms with Gasteiger partial charge in [0, 0.05) is 33.4 Å². The normalized spacial score (nSPS) is 16.5. The van der Waals surface area contributed by atoms with Crippen LogP contribution in [0.2, 0.25) is 0 Å². The van der Waals surface area contributed by atoms with Gasteiger partial charge in [0.15, 0.2) is 17.5 Å². The second kappa shape index (κ2) is 10.3. The molecule has 2 heterocycles. The van der Waals surface area contributed by atoms with Crippen molar-refractivity contribution in [2.24, 2.45) is 4.99 Å². The zero-order valence-electron chi connectivity index (χ0n) is 17.4.